The Balaban J connectivity index is 1.66. The van der Waals surface area contributed by atoms with Gasteiger partial charge in [-0.3, -0.25) is 4.79 Å². The van der Waals surface area contributed by atoms with Crippen molar-refractivity contribution in [1.82, 2.24) is 0 Å². The average Bonchev–Trinajstić information content (AvgIpc) is 3.01. The second-order valence-electron chi connectivity index (χ2n) is 6.87. The van der Waals surface area contributed by atoms with Crippen molar-refractivity contribution in [2.75, 3.05) is 4.90 Å². The van der Waals surface area contributed by atoms with E-state index in [0.717, 1.165) is 23.2 Å². The first-order valence-corrected chi connectivity index (χ1v) is 9.75. The average molecular weight is 396 g/mol. The van der Waals surface area contributed by atoms with Gasteiger partial charge in [0, 0.05) is 21.7 Å². The van der Waals surface area contributed by atoms with Crippen molar-refractivity contribution < 1.29 is 4.79 Å². The minimum absolute atomic E-state index is 0.0252. The fourth-order valence-corrected chi connectivity index (χ4v) is 4.02. The molecule has 0 spiro atoms. The summed E-state index contributed by atoms with van der Waals surface area (Å²) >= 11 is 12.0. The van der Waals surface area contributed by atoms with Crippen LogP contribution in [0.3, 0.4) is 0 Å². The first-order chi connectivity index (χ1) is 13.1. The van der Waals surface area contributed by atoms with Crippen molar-refractivity contribution in [3.8, 4) is 0 Å². The summed E-state index contributed by atoms with van der Waals surface area (Å²) in [7, 11) is 0. The lowest BCUT2D eigenvalue weighted by atomic mass is 9.94. The van der Waals surface area contributed by atoms with Crippen molar-refractivity contribution in [3.05, 3.63) is 100 Å². The van der Waals surface area contributed by atoms with Gasteiger partial charge in [-0.1, -0.05) is 65.7 Å². The molecule has 1 amide bonds. The molecule has 136 valence electrons. The highest BCUT2D eigenvalue weighted by Crippen LogP contribution is 2.41. The Kier molecular flexibility index (Phi) is 5.20. The molecule has 2 atom stereocenters. The van der Waals surface area contributed by atoms with E-state index in [4.69, 9.17) is 23.2 Å². The van der Waals surface area contributed by atoms with Crippen molar-refractivity contribution >= 4 is 34.8 Å². The summed E-state index contributed by atoms with van der Waals surface area (Å²) in [4.78, 5) is 15.2. The largest absolute Gasteiger partial charge is 0.305 e. The minimum atomic E-state index is -0.0629. The molecule has 3 aromatic carbocycles. The third-order valence-corrected chi connectivity index (χ3v) is 5.59. The Hall–Kier alpha value is -2.29. The van der Waals surface area contributed by atoms with E-state index in [2.05, 4.69) is 12.1 Å². The number of rotatable bonds is 4. The van der Waals surface area contributed by atoms with Crippen LogP contribution in [0.2, 0.25) is 10.0 Å². The summed E-state index contributed by atoms with van der Waals surface area (Å²) in [6.45, 7) is 0. The molecule has 0 aromatic heterocycles. The quantitative estimate of drug-likeness (QED) is 0.505. The molecule has 1 saturated heterocycles. The molecule has 1 fully saturated rings. The van der Waals surface area contributed by atoms with Crippen molar-refractivity contribution in [2.24, 2.45) is 5.92 Å². The van der Waals surface area contributed by atoms with Crippen LogP contribution in [0, 0.1) is 5.92 Å². The lowest BCUT2D eigenvalue weighted by Crippen LogP contribution is -2.29. The predicted molar refractivity (Wildman–Crippen MR) is 111 cm³/mol. The second-order valence-corrected chi connectivity index (χ2v) is 7.75. The van der Waals surface area contributed by atoms with Gasteiger partial charge in [0.1, 0.15) is 0 Å². The van der Waals surface area contributed by atoms with Gasteiger partial charge in [0.15, 0.2) is 0 Å². The molecule has 0 saturated carbocycles. The van der Waals surface area contributed by atoms with Crippen molar-refractivity contribution in [2.45, 2.75) is 18.9 Å². The molecule has 0 bridgehead atoms. The van der Waals surface area contributed by atoms with Crippen LogP contribution in [-0.4, -0.2) is 5.91 Å². The fraction of sp³-hybridized carbons (Fsp3) is 0.174. The van der Waals surface area contributed by atoms with Crippen molar-refractivity contribution in [3.63, 3.8) is 0 Å². The first-order valence-electron chi connectivity index (χ1n) is 9.00. The monoisotopic (exact) mass is 395 g/mol. The molecule has 1 heterocycles. The Bertz CT molecular complexity index is 923. The zero-order valence-electron chi connectivity index (χ0n) is 14.7. The summed E-state index contributed by atoms with van der Waals surface area (Å²) in [6.07, 6.45) is 1.50. The summed E-state index contributed by atoms with van der Waals surface area (Å²) < 4.78 is 0. The van der Waals surface area contributed by atoms with E-state index in [1.54, 1.807) is 0 Å². The van der Waals surface area contributed by atoms with Gasteiger partial charge in [0.2, 0.25) is 5.91 Å². The van der Waals surface area contributed by atoms with E-state index in [0.29, 0.717) is 16.5 Å². The molecule has 4 rings (SSSR count). The maximum Gasteiger partial charge on any atom is 0.231 e. The fourth-order valence-electron chi connectivity index (χ4n) is 3.77. The molecule has 1 aliphatic heterocycles. The third kappa shape index (κ3) is 3.87. The van der Waals surface area contributed by atoms with Crippen LogP contribution in [0.5, 0.6) is 0 Å². The molecular formula is C23H19Cl2NO. The lowest BCUT2D eigenvalue weighted by Gasteiger charge is -2.25. The molecule has 2 nitrogen and oxygen atoms in total. The lowest BCUT2D eigenvalue weighted by molar-refractivity contribution is -0.120. The van der Waals surface area contributed by atoms with Gasteiger partial charge in [-0.15, -0.1) is 0 Å². The molecule has 3 aromatic rings. The zero-order chi connectivity index (χ0) is 18.8. The van der Waals surface area contributed by atoms with Crippen LogP contribution in [-0.2, 0) is 11.2 Å². The van der Waals surface area contributed by atoms with Crippen molar-refractivity contribution in [1.29, 1.82) is 0 Å². The van der Waals surface area contributed by atoms with Gasteiger partial charge in [-0.25, -0.2) is 0 Å². The smallest absolute Gasteiger partial charge is 0.231 e. The summed E-state index contributed by atoms with van der Waals surface area (Å²) in [6, 6.07) is 25.5. The zero-order valence-corrected chi connectivity index (χ0v) is 16.2. The number of benzene rings is 3. The highest BCUT2D eigenvalue weighted by molar-refractivity contribution is 6.30. The highest BCUT2D eigenvalue weighted by Gasteiger charge is 2.40. The van der Waals surface area contributed by atoms with E-state index in [1.807, 2.05) is 71.6 Å². The summed E-state index contributed by atoms with van der Waals surface area (Å²) in [5.74, 6) is 0.0909. The summed E-state index contributed by atoms with van der Waals surface area (Å²) in [5, 5.41) is 1.38. The molecule has 0 radical (unpaired) electrons. The number of carbonyl (C=O) groups excluding carboxylic acids is 1. The van der Waals surface area contributed by atoms with E-state index in [-0.39, 0.29) is 17.9 Å². The van der Waals surface area contributed by atoms with Crippen LogP contribution in [0.25, 0.3) is 0 Å². The number of nitrogens with zero attached hydrogens (tertiary/aromatic N) is 1. The number of hydrogen-bond donors (Lipinski definition) is 0. The Morgan fingerprint density at radius 3 is 2.04 bits per heavy atom. The van der Waals surface area contributed by atoms with Crippen LogP contribution >= 0.6 is 23.2 Å². The molecule has 27 heavy (non-hydrogen) atoms. The number of halogens is 2. The van der Waals surface area contributed by atoms with Gasteiger partial charge >= 0.3 is 0 Å². The maximum absolute atomic E-state index is 13.3. The van der Waals surface area contributed by atoms with Crippen LogP contribution in [0.1, 0.15) is 23.6 Å². The predicted octanol–water partition coefficient (Wildman–Crippen LogP) is 6.33. The normalized spacial score (nSPS) is 19.5. The number of anilines is 1. The van der Waals surface area contributed by atoms with Crippen LogP contribution < -0.4 is 4.90 Å². The number of amides is 1. The van der Waals surface area contributed by atoms with Gasteiger partial charge < -0.3 is 4.90 Å². The SMILES string of the molecule is O=C1C(Cc2ccc(Cl)cc2)CC(c2ccccc2)N1c1ccc(Cl)cc1. The van der Waals surface area contributed by atoms with Gasteiger partial charge in [0.05, 0.1) is 6.04 Å². The minimum Gasteiger partial charge on any atom is -0.305 e. The topological polar surface area (TPSA) is 20.3 Å². The van der Waals surface area contributed by atoms with Gasteiger partial charge in [-0.05, 0) is 60.4 Å². The highest BCUT2D eigenvalue weighted by atomic mass is 35.5. The van der Waals surface area contributed by atoms with E-state index in [1.165, 1.54) is 0 Å². The Morgan fingerprint density at radius 1 is 0.815 bits per heavy atom. The van der Waals surface area contributed by atoms with Gasteiger partial charge in [-0.2, -0.15) is 0 Å². The van der Waals surface area contributed by atoms with Crippen LogP contribution in [0.15, 0.2) is 78.9 Å². The number of carbonyl (C=O) groups is 1. The van der Waals surface area contributed by atoms with Crippen LogP contribution in [0.4, 0.5) is 5.69 Å². The second kappa shape index (κ2) is 7.75. The molecule has 2 unspecified atom stereocenters. The molecule has 1 aliphatic rings. The first kappa shape index (κ1) is 18.1. The van der Waals surface area contributed by atoms with E-state index < -0.39 is 0 Å². The third-order valence-electron chi connectivity index (χ3n) is 5.09. The molecule has 4 heteroatoms. The number of hydrogen-bond acceptors (Lipinski definition) is 1. The molecular weight excluding hydrogens is 377 g/mol. The standard InChI is InChI=1S/C23H19Cl2NO/c24-19-8-6-16(7-9-19)14-18-15-22(17-4-2-1-3-5-17)26(23(18)27)21-12-10-20(25)11-13-21/h1-13,18,22H,14-15H2. The molecule has 0 aliphatic carbocycles. The Labute approximate surface area is 169 Å². The maximum atomic E-state index is 13.3. The summed E-state index contributed by atoms with van der Waals surface area (Å²) in [5.41, 5.74) is 3.17. The molecule has 0 N–H and O–H groups in total. The van der Waals surface area contributed by atoms with E-state index in [9.17, 15) is 4.79 Å². The van der Waals surface area contributed by atoms with Gasteiger partial charge in [0.25, 0.3) is 0 Å². The van der Waals surface area contributed by atoms with E-state index >= 15 is 0 Å². The Morgan fingerprint density at radius 2 is 1.41 bits per heavy atom.